The standard InChI is InChI=1S/C30H44N4O7S/c1-5-6-15-42(40,41)19-25(34-29(38)23-13-10-14-31-18-23)30(39)33-24(16-20(2)3)27(36)26(35)21(4)28(37)32-17-22-11-8-7-9-12-22/h7-14,18,20-21,24-27,35-36H,5-6,15-17,19H2,1-4H3,(H,32,37)(H,33,39)(H,34,38). The van der Waals surface area contributed by atoms with Gasteiger partial charge >= 0.3 is 0 Å². The van der Waals surface area contributed by atoms with Crippen LogP contribution in [0.3, 0.4) is 0 Å². The summed E-state index contributed by atoms with van der Waals surface area (Å²) in [6.45, 7) is 7.26. The second-order valence-electron chi connectivity index (χ2n) is 11.0. The van der Waals surface area contributed by atoms with Crippen LogP contribution in [0.5, 0.6) is 0 Å². The van der Waals surface area contributed by atoms with Crippen molar-refractivity contribution in [2.75, 3.05) is 11.5 Å². The summed E-state index contributed by atoms with van der Waals surface area (Å²) < 4.78 is 25.6. The second kappa shape index (κ2) is 16.9. The molecule has 1 aromatic heterocycles. The summed E-state index contributed by atoms with van der Waals surface area (Å²) in [4.78, 5) is 42.9. The van der Waals surface area contributed by atoms with Gasteiger partial charge in [-0.3, -0.25) is 19.4 Å². The summed E-state index contributed by atoms with van der Waals surface area (Å²) in [5.41, 5.74) is 1.01. The summed E-state index contributed by atoms with van der Waals surface area (Å²) in [5, 5.41) is 29.9. The summed E-state index contributed by atoms with van der Waals surface area (Å²) in [7, 11) is -3.72. The molecule has 1 aromatic carbocycles. The first-order valence-electron chi connectivity index (χ1n) is 14.2. The number of aliphatic hydroxyl groups excluding tert-OH is 2. The third-order valence-corrected chi connectivity index (χ3v) is 8.58. The van der Waals surface area contributed by atoms with E-state index in [1.54, 1.807) is 0 Å². The molecule has 3 amide bonds. The highest BCUT2D eigenvalue weighted by Crippen LogP contribution is 2.17. The van der Waals surface area contributed by atoms with Crippen LogP contribution in [0.4, 0.5) is 0 Å². The van der Waals surface area contributed by atoms with Gasteiger partial charge in [0.05, 0.1) is 35.1 Å². The molecule has 0 radical (unpaired) electrons. The van der Waals surface area contributed by atoms with Gasteiger partial charge in [0.15, 0.2) is 9.84 Å². The molecule has 0 aliphatic rings. The Kier molecular flexibility index (Phi) is 14.1. The van der Waals surface area contributed by atoms with Crippen LogP contribution < -0.4 is 16.0 Å². The number of pyridine rings is 1. The van der Waals surface area contributed by atoms with Crippen molar-refractivity contribution in [1.82, 2.24) is 20.9 Å². The number of benzene rings is 1. The van der Waals surface area contributed by atoms with Gasteiger partial charge in [0.2, 0.25) is 11.8 Å². The first kappa shape index (κ1) is 34.8. The maximum absolute atomic E-state index is 13.5. The second-order valence-corrected chi connectivity index (χ2v) is 13.2. The van der Waals surface area contributed by atoms with E-state index in [1.165, 1.54) is 31.5 Å². The minimum Gasteiger partial charge on any atom is -0.390 e. The molecule has 0 spiro atoms. The summed E-state index contributed by atoms with van der Waals surface area (Å²) in [5.74, 6) is -3.85. The van der Waals surface area contributed by atoms with E-state index in [4.69, 9.17) is 0 Å². The van der Waals surface area contributed by atoms with Crippen LogP contribution in [0.15, 0.2) is 54.9 Å². The number of aliphatic hydroxyl groups is 2. The summed E-state index contributed by atoms with van der Waals surface area (Å²) in [6, 6.07) is 9.73. The van der Waals surface area contributed by atoms with Gasteiger partial charge in [0.1, 0.15) is 12.1 Å². The van der Waals surface area contributed by atoms with Crippen LogP contribution in [-0.4, -0.2) is 77.1 Å². The number of nitrogens with zero attached hydrogens (tertiary/aromatic N) is 1. The number of hydrogen-bond donors (Lipinski definition) is 5. The largest absolute Gasteiger partial charge is 0.390 e. The van der Waals surface area contributed by atoms with Crippen LogP contribution in [0.2, 0.25) is 0 Å². The Morgan fingerprint density at radius 2 is 1.62 bits per heavy atom. The van der Waals surface area contributed by atoms with Crippen molar-refractivity contribution < 1.29 is 33.0 Å². The van der Waals surface area contributed by atoms with Gasteiger partial charge in [-0.2, -0.15) is 0 Å². The third kappa shape index (κ3) is 11.5. The molecule has 5 N–H and O–H groups in total. The van der Waals surface area contributed by atoms with E-state index in [0.29, 0.717) is 12.8 Å². The number of sulfone groups is 1. The highest BCUT2D eigenvalue weighted by atomic mass is 32.2. The van der Waals surface area contributed by atoms with Gasteiger partial charge in [-0.1, -0.05) is 64.4 Å². The third-order valence-electron chi connectivity index (χ3n) is 6.83. The molecule has 0 fully saturated rings. The number of carbonyl (C=O) groups excluding carboxylic acids is 3. The average molecular weight is 605 g/mol. The van der Waals surface area contributed by atoms with Crippen molar-refractivity contribution in [3.8, 4) is 0 Å². The van der Waals surface area contributed by atoms with Crippen molar-refractivity contribution in [2.24, 2.45) is 11.8 Å². The van der Waals surface area contributed by atoms with E-state index in [-0.39, 0.29) is 30.2 Å². The average Bonchev–Trinajstić information content (AvgIpc) is 2.97. The molecule has 0 bridgehead atoms. The fourth-order valence-electron chi connectivity index (χ4n) is 4.33. The first-order chi connectivity index (χ1) is 19.8. The maximum Gasteiger partial charge on any atom is 0.253 e. The lowest BCUT2D eigenvalue weighted by Crippen LogP contribution is -2.58. The van der Waals surface area contributed by atoms with E-state index >= 15 is 0 Å². The molecule has 11 nitrogen and oxygen atoms in total. The highest BCUT2D eigenvalue weighted by molar-refractivity contribution is 7.91. The molecule has 5 unspecified atom stereocenters. The molecule has 42 heavy (non-hydrogen) atoms. The van der Waals surface area contributed by atoms with E-state index in [2.05, 4.69) is 20.9 Å². The number of hydrogen-bond acceptors (Lipinski definition) is 8. The van der Waals surface area contributed by atoms with Gasteiger partial charge in [-0.15, -0.1) is 0 Å². The van der Waals surface area contributed by atoms with Crippen LogP contribution in [-0.2, 0) is 26.0 Å². The zero-order valence-electron chi connectivity index (χ0n) is 24.7. The molecule has 0 aliphatic heterocycles. The van der Waals surface area contributed by atoms with Gasteiger partial charge in [0, 0.05) is 18.9 Å². The lowest BCUT2D eigenvalue weighted by molar-refractivity contribution is -0.133. The number of aromatic nitrogens is 1. The number of rotatable bonds is 17. The SMILES string of the molecule is CCCCS(=O)(=O)CC(NC(=O)c1cccnc1)C(=O)NC(CC(C)C)C(O)C(O)C(C)C(=O)NCc1ccccc1. The highest BCUT2D eigenvalue weighted by Gasteiger charge is 2.36. The molecule has 2 aromatic rings. The minimum atomic E-state index is -3.72. The number of carbonyl (C=O) groups is 3. The van der Waals surface area contributed by atoms with Crippen LogP contribution >= 0.6 is 0 Å². The van der Waals surface area contributed by atoms with Crippen LogP contribution in [0.25, 0.3) is 0 Å². The van der Waals surface area contributed by atoms with E-state index in [0.717, 1.165) is 5.56 Å². The molecule has 0 aliphatic carbocycles. The first-order valence-corrected chi connectivity index (χ1v) is 16.1. The fourth-order valence-corrected chi connectivity index (χ4v) is 5.97. The Balaban J connectivity index is 2.20. The quantitative estimate of drug-likeness (QED) is 0.181. The lowest BCUT2D eigenvalue weighted by atomic mass is 9.89. The van der Waals surface area contributed by atoms with Crippen molar-refractivity contribution in [1.29, 1.82) is 0 Å². The normalized spacial score (nSPS) is 15.2. The van der Waals surface area contributed by atoms with E-state index in [9.17, 15) is 33.0 Å². The molecule has 232 valence electrons. The molecule has 5 atom stereocenters. The van der Waals surface area contributed by atoms with Gasteiger partial charge in [-0.05, 0) is 36.5 Å². The Labute approximate surface area is 248 Å². The predicted octanol–water partition coefficient (Wildman–Crippen LogP) is 1.60. The summed E-state index contributed by atoms with van der Waals surface area (Å²) >= 11 is 0. The zero-order valence-corrected chi connectivity index (χ0v) is 25.5. The Bertz CT molecular complexity index is 1240. The molecule has 12 heteroatoms. The van der Waals surface area contributed by atoms with Crippen LogP contribution in [0.1, 0.15) is 62.9 Å². The Morgan fingerprint density at radius 1 is 0.929 bits per heavy atom. The van der Waals surface area contributed by atoms with Crippen molar-refractivity contribution in [2.45, 2.75) is 77.8 Å². The molecular weight excluding hydrogens is 560 g/mol. The fraction of sp³-hybridized carbons (Fsp3) is 0.533. The topological polar surface area (TPSA) is 175 Å². The predicted molar refractivity (Wildman–Crippen MR) is 160 cm³/mol. The van der Waals surface area contributed by atoms with Crippen molar-refractivity contribution >= 4 is 27.6 Å². The van der Waals surface area contributed by atoms with Gasteiger partial charge in [0.25, 0.3) is 5.91 Å². The number of amides is 3. The summed E-state index contributed by atoms with van der Waals surface area (Å²) in [6.07, 6.45) is 0.925. The molecule has 1 heterocycles. The molecular formula is C30H44N4O7S. The molecule has 0 saturated heterocycles. The maximum atomic E-state index is 13.5. The Hall–Kier alpha value is -3.35. The lowest BCUT2D eigenvalue weighted by Gasteiger charge is -2.32. The van der Waals surface area contributed by atoms with Gasteiger partial charge < -0.3 is 26.2 Å². The zero-order chi connectivity index (χ0) is 31.3. The van der Waals surface area contributed by atoms with Gasteiger partial charge in [-0.25, -0.2) is 8.42 Å². The Morgan fingerprint density at radius 3 is 2.21 bits per heavy atom. The molecule has 2 rings (SSSR count). The number of unbranched alkanes of at least 4 members (excludes halogenated alkanes) is 1. The van der Waals surface area contributed by atoms with Crippen molar-refractivity contribution in [3.63, 3.8) is 0 Å². The van der Waals surface area contributed by atoms with Crippen molar-refractivity contribution in [3.05, 3.63) is 66.0 Å². The van der Waals surface area contributed by atoms with E-state index < -0.39 is 63.5 Å². The van der Waals surface area contributed by atoms with E-state index in [1.807, 2.05) is 51.1 Å². The molecule has 0 saturated carbocycles. The minimum absolute atomic E-state index is 0.0453. The smallest absolute Gasteiger partial charge is 0.253 e. The van der Waals surface area contributed by atoms with Crippen LogP contribution in [0, 0.1) is 11.8 Å². The monoisotopic (exact) mass is 604 g/mol. The number of nitrogens with one attached hydrogen (secondary N) is 3.